The zero-order valence-corrected chi connectivity index (χ0v) is 14.6. The Labute approximate surface area is 153 Å². The highest BCUT2D eigenvalue weighted by atomic mass is 16.6. The van der Waals surface area contributed by atoms with Crippen molar-refractivity contribution in [1.29, 1.82) is 0 Å². The monoisotopic (exact) mass is 353 g/mol. The Morgan fingerprint density at radius 3 is 2.38 bits per heavy atom. The summed E-state index contributed by atoms with van der Waals surface area (Å²) in [7, 11) is 0. The molecule has 136 valence electrons. The zero-order chi connectivity index (χ0) is 17.9. The molecule has 4 rings (SSSR count). The van der Waals surface area contributed by atoms with Gasteiger partial charge >= 0.3 is 6.09 Å². The number of aliphatic hydroxyl groups excluding tert-OH is 1. The molecule has 0 bridgehead atoms. The van der Waals surface area contributed by atoms with Crippen LogP contribution in [-0.4, -0.2) is 55.1 Å². The van der Waals surface area contributed by atoms with Crippen LogP contribution in [0.2, 0.25) is 0 Å². The number of carbonyl (C=O) groups excluding carboxylic acids is 1. The predicted octanol–water partition coefficient (Wildman–Crippen LogP) is 3.02. The van der Waals surface area contributed by atoms with Gasteiger partial charge in [0, 0.05) is 12.5 Å². The van der Waals surface area contributed by atoms with Gasteiger partial charge in [0.2, 0.25) is 0 Å². The van der Waals surface area contributed by atoms with Crippen LogP contribution >= 0.6 is 0 Å². The highest BCUT2D eigenvalue weighted by molar-refractivity contribution is 5.79. The van der Waals surface area contributed by atoms with Crippen molar-refractivity contribution in [3.63, 3.8) is 0 Å². The van der Waals surface area contributed by atoms with Gasteiger partial charge in [-0.2, -0.15) is 0 Å². The standard InChI is InChI=1S/C21H23NO4/c23-11-12-25-15-9-10-22(13-15)21(24)26-14-20-18-7-3-1-5-16(18)17-6-2-4-8-19(17)20/h1-8,15,20,23H,9-14H2. The Bertz CT molecular complexity index is 746. The number of hydrogen-bond donors (Lipinski definition) is 1. The molecule has 0 aromatic heterocycles. The van der Waals surface area contributed by atoms with Crippen LogP contribution in [0.15, 0.2) is 48.5 Å². The topological polar surface area (TPSA) is 59.0 Å². The lowest BCUT2D eigenvalue weighted by Gasteiger charge is -2.19. The molecule has 1 atom stereocenters. The molecule has 1 saturated heterocycles. The molecule has 2 aromatic rings. The molecule has 1 amide bonds. The fourth-order valence-electron chi connectivity index (χ4n) is 3.93. The van der Waals surface area contributed by atoms with E-state index in [4.69, 9.17) is 14.6 Å². The van der Waals surface area contributed by atoms with E-state index in [1.54, 1.807) is 4.90 Å². The maximum atomic E-state index is 12.4. The maximum absolute atomic E-state index is 12.4. The summed E-state index contributed by atoms with van der Waals surface area (Å²) in [5.74, 6) is 0.0791. The molecular weight excluding hydrogens is 330 g/mol. The second kappa shape index (κ2) is 7.48. The SMILES string of the molecule is O=C(OCC1c2ccccc2-c2ccccc21)N1CCC(OCCO)C1. The van der Waals surface area contributed by atoms with E-state index in [1.807, 2.05) is 24.3 Å². The number of amides is 1. The summed E-state index contributed by atoms with van der Waals surface area (Å²) in [5, 5.41) is 8.84. The van der Waals surface area contributed by atoms with Gasteiger partial charge in [0.15, 0.2) is 0 Å². The normalized spacial score (nSPS) is 18.7. The summed E-state index contributed by atoms with van der Waals surface area (Å²) < 4.78 is 11.2. The highest BCUT2D eigenvalue weighted by Gasteiger charge is 2.31. The number of fused-ring (bicyclic) bond motifs is 3. The molecule has 26 heavy (non-hydrogen) atoms. The van der Waals surface area contributed by atoms with Crippen LogP contribution in [0, 0.1) is 0 Å². The van der Waals surface area contributed by atoms with E-state index in [2.05, 4.69) is 24.3 Å². The number of aliphatic hydroxyl groups is 1. The number of hydrogen-bond acceptors (Lipinski definition) is 4. The van der Waals surface area contributed by atoms with Crippen LogP contribution in [0.25, 0.3) is 11.1 Å². The third kappa shape index (κ3) is 3.20. The molecule has 2 aromatic carbocycles. The highest BCUT2D eigenvalue weighted by Crippen LogP contribution is 2.44. The molecule has 1 aliphatic carbocycles. The van der Waals surface area contributed by atoms with E-state index < -0.39 is 0 Å². The number of rotatable bonds is 5. The van der Waals surface area contributed by atoms with E-state index in [0.29, 0.717) is 26.3 Å². The summed E-state index contributed by atoms with van der Waals surface area (Å²) >= 11 is 0. The largest absolute Gasteiger partial charge is 0.448 e. The molecule has 2 aliphatic rings. The minimum Gasteiger partial charge on any atom is -0.448 e. The van der Waals surface area contributed by atoms with E-state index >= 15 is 0 Å². The van der Waals surface area contributed by atoms with Crippen molar-refractivity contribution < 1.29 is 19.4 Å². The van der Waals surface area contributed by atoms with Crippen molar-refractivity contribution in [3.8, 4) is 11.1 Å². The summed E-state index contributed by atoms with van der Waals surface area (Å²) in [4.78, 5) is 14.1. The Hall–Kier alpha value is -2.37. The van der Waals surface area contributed by atoms with Gasteiger partial charge in [-0.15, -0.1) is 0 Å². The number of carbonyl (C=O) groups is 1. The van der Waals surface area contributed by atoms with Crippen LogP contribution in [0.1, 0.15) is 23.5 Å². The van der Waals surface area contributed by atoms with Gasteiger partial charge in [-0.05, 0) is 28.7 Å². The lowest BCUT2D eigenvalue weighted by Crippen LogP contribution is -2.32. The molecule has 0 spiro atoms. The molecule has 1 aliphatic heterocycles. The van der Waals surface area contributed by atoms with Gasteiger partial charge < -0.3 is 19.5 Å². The molecule has 5 heteroatoms. The van der Waals surface area contributed by atoms with E-state index in [-0.39, 0.29) is 24.7 Å². The van der Waals surface area contributed by atoms with Gasteiger partial charge in [0.25, 0.3) is 0 Å². The molecule has 1 unspecified atom stereocenters. The first-order valence-corrected chi connectivity index (χ1v) is 9.10. The summed E-state index contributed by atoms with van der Waals surface area (Å²) in [6.45, 7) is 1.81. The summed E-state index contributed by atoms with van der Waals surface area (Å²) in [6, 6.07) is 16.6. The number of nitrogens with zero attached hydrogens (tertiary/aromatic N) is 1. The van der Waals surface area contributed by atoms with Crippen molar-refractivity contribution in [2.24, 2.45) is 0 Å². The first kappa shape index (κ1) is 17.1. The van der Waals surface area contributed by atoms with Crippen LogP contribution in [-0.2, 0) is 9.47 Å². The fraction of sp³-hybridized carbons (Fsp3) is 0.381. The van der Waals surface area contributed by atoms with Gasteiger partial charge in [-0.25, -0.2) is 4.79 Å². The van der Waals surface area contributed by atoms with E-state index in [9.17, 15) is 4.79 Å². The minimum absolute atomic E-state index is 0.00143. The van der Waals surface area contributed by atoms with Gasteiger partial charge in [0.1, 0.15) is 6.61 Å². The third-order valence-corrected chi connectivity index (χ3v) is 5.18. The smallest absolute Gasteiger partial charge is 0.409 e. The number of benzene rings is 2. The van der Waals surface area contributed by atoms with Crippen molar-refractivity contribution >= 4 is 6.09 Å². The zero-order valence-electron chi connectivity index (χ0n) is 14.6. The van der Waals surface area contributed by atoms with Crippen LogP contribution in [0.4, 0.5) is 4.79 Å². The van der Waals surface area contributed by atoms with Crippen LogP contribution in [0.5, 0.6) is 0 Å². The first-order chi connectivity index (χ1) is 12.8. The minimum atomic E-state index is -0.290. The Balaban J connectivity index is 1.41. The molecule has 1 heterocycles. The van der Waals surface area contributed by atoms with Crippen LogP contribution < -0.4 is 0 Å². The first-order valence-electron chi connectivity index (χ1n) is 9.10. The number of likely N-dealkylation sites (tertiary alicyclic amines) is 1. The molecule has 0 radical (unpaired) electrons. The summed E-state index contributed by atoms with van der Waals surface area (Å²) in [6.07, 6.45) is 0.481. The molecule has 1 N–H and O–H groups in total. The average molecular weight is 353 g/mol. The van der Waals surface area contributed by atoms with Crippen molar-refractivity contribution in [2.75, 3.05) is 32.9 Å². The molecular formula is C21H23NO4. The third-order valence-electron chi connectivity index (χ3n) is 5.18. The van der Waals surface area contributed by atoms with E-state index in [0.717, 1.165) is 6.42 Å². The molecule has 5 nitrogen and oxygen atoms in total. The molecule has 1 fully saturated rings. The fourth-order valence-corrected chi connectivity index (χ4v) is 3.93. The van der Waals surface area contributed by atoms with Crippen molar-refractivity contribution in [3.05, 3.63) is 59.7 Å². The number of ether oxygens (including phenoxy) is 2. The van der Waals surface area contributed by atoms with Gasteiger partial charge in [-0.1, -0.05) is 48.5 Å². The lowest BCUT2D eigenvalue weighted by atomic mass is 9.98. The quantitative estimate of drug-likeness (QED) is 0.898. The van der Waals surface area contributed by atoms with Crippen LogP contribution in [0.3, 0.4) is 0 Å². The Morgan fingerprint density at radius 2 is 1.73 bits per heavy atom. The Morgan fingerprint density at radius 1 is 1.08 bits per heavy atom. The van der Waals surface area contributed by atoms with Gasteiger partial charge in [0.05, 0.1) is 25.9 Å². The second-order valence-corrected chi connectivity index (χ2v) is 6.76. The van der Waals surface area contributed by atoms with Crippen molar-refractivity contribution in [2.45, 2.75) is 18.4 Å². The molecule has 0 saturated carbocycles. The second-order valence-electron chi connectivity index (χ2n) is 6.76. The Kier molecular flexibility index (Phi) is 4.91. The van der Waals surface area contributed by atoms with E-state index in [1.165, 1.54) is 22.3 Å². The lowest BCUT2D eigenvalue weighted by molar-refractivity contribution is 0.0325. The summed E-state index contributed by atoms with van der Waals surface area (Å²) in [5.41, 5.74) is 4.88. The predicted molar refractivity (Wildman–Crippen MR) is 98.1 cm³/mol. The average Bonchev–Trinajstić information content (AvgIpc) is 3.28. The van der Waals surface area contributed by atoms with Crippen molar-refractivity contribution in [1.82, 2.24) is 4.90 Å². The maximum Gasteiger partial charge on any atom is 0.409 e. The van der Waals surface area contributed by atoms with Gasteiger partial charge in [-0.3, -0.25) is 0 Å².